The van der Waals surface area contributed by atoms with Crippen molar-refractivity contribution in [2.75, 3.05) is 26.3 Å². The molecule has 0 N–H and O–H groups in total. The summed E-state index contributed by atoms with van der Waals surface area (Å²) in [5.74, 6) is -0.170. The Kier molecular flexibility index (Phi) is 6.38. The predicted molar refractivity (Wildman–Crippen MR) is 103 cm³/mol. The minimum absolute atomic E-state index is 0.170. The number of hydrogen-bond acceptors (Lipinski definition) is 3. The molecule has 1 aromatic heterocycles. The summed E-state index contributed by atoms with van der Waals surface area (Å²) in [6.07, 6.45) is 5.17. The third kappa shape index (κ3) is 5.12. The van der Waals surface area contributed by atoms with Crippen molar-refractivity contribution in [2.45, 2.75) is 39.7 Å². The normalized spacial score (nSPS) is 20.6. The van der Waals surface area contributed by atoms with Gasteiger partial charge in [0, 0.05) is 37.0 Å². The highest BCUT2D eigenvalue weighted by Gasteiger charge is 2.37. The van der Waals surface area contributed by atoms with Crippen molar-refractivity contribution in [1.29, 1.82) is 0 Å². The molecule has 0 radical (unpaired) electrons. The van der Waals surface area contributed by atoms with Crippen LogP contribution < -0.4 is 0 Å². The molecular weight excluding hydrogens is 327 g/mol. The fraction of sp³-hybridized carbons (Fsp3) is 0.500. The zero-order valence-corrected chi connectivity index (χ0v) is 15.9. The smallest absolute Gasteiger partial charge is 0.123 e. The molecule has 1 atom stereocenters. The van der Waals surface area contributed by atoms with Crippen molar-refractivity contribution in [2.24, 2.45) is 5.41 Å². The Morgan fingerprint density at radius 3 is 2.62 bits per heavy atom. The zero-order chi connectivity index (χ0) is 18.4. The minimum atomic E-state index is -0.170. The second-order valence-corrected chi connectivity index (χ2v) is 7.53. The van der Waals surface area contributed by atoms with Gasteiger partial charge < -0.3 is 4.74 Å². The molecule has 140 valence electrons. The molecule has 26 heavy (non-hydrogen) atoms. The number of likely N-dealkylation sites (tertiary alicyclic amines) is 1. The van der Waals surface area contributed by atoms with Crippen LogP contribution in [0, 0.1) is 18.2 Å². The molecule has 1 aromatic carbocycles. The second kappa shape index (κ2) is 8.74. The Bertz CT molecular complexity index is 686. The number of hydrogen-bond donors (Lipinski definition) is 0. The van der Waals surface area contributed by atoms with Crippen LogP contribution in [0.1, 0.15) is 36.6 Å². The fourth-order valence-electron chi connectivity index (χ4n) is 3.79. The molecule has 0 saturated carbocycles. The van der Waals surface area contributed by atoms with E-state index in [0.717, 1.165) is 57.8 Å². The first-order chi connectivity index (χ1) is 12.6. The standard InChI is InChI=1S/C22H29FN2O/c1-3-26-17-22(11-10-19-6-8-21(23)9-7-19)12-13-25(16-22)15-20-5-4-18(2)24-14-20/h4-9,14H,3,10-13,15-17H2,1-2H3/t22-/m1/s1. The van der Waals surface area contributed by atoms with Crippen LogP contribution in [-0.2, 0) is 17.7 Å². The molecule has 4 heteroatoms. The molecule has 0 spiro atoms. The van der Waals surface area contributed by atoms with Crippen LogP contribution in [0.15, 0.2) is 42.6 Å². The number of nitrogens with zero attached hydrogens (tertiary/aromatic N) is 2. The molecule has 2 heterocycles. The van der Waals surface area contributed by atoms with Crippen molar-refractivity contribution in [3.8, 4) is 0 Å². The lowest BCUT2D eigenvalue weighted by Crippen LogP contribution is -2.32. The number of aryl methyl sites for hydroxylation is 2. The van der Waals surface area contributed by atoms with Gasteiger partial charge in [0.05, 0.1) is 6.61 Å². The highest BCUT2D eigenvalue weighted by Crippen LogP contribution is 2.36. The Hall–Kier alpha value is -1.78. The average Bonchev–Trinajstić information content (AvgIpc) is 3.05. The molecule has 1 aliphatic heterocycles. The van der Waals surface area contributed by atoms with E-state index in [1.807, 2.05) is 25.3 Å². The first kappa shape index (κ1) is 19.0. The van der Waals surface area contributed by atoms with Crippen LogP contribution in [-0.4, -0.2) is 36.2 Å². The lowest BCUT2D eigenvalue weighted by Gasteiger charge is -2.29. The van der Waals surface area contributed by atoms with Gasteiger partial charge in [0.2, 0.25) is 0 Å². The van der Waals surface area contributed by atoms with Gasteiger partial charge in [0.1, 0.15) is 5.82 Å². The monoisotopic (exact) mass is 356 g/mol. The lowest BCUT2D eigenvalue weighted by atomic mass is 9.82. The molecular formula is C22H29FN2O. The molecule has 3 rings (SSSR count). The van der Waals surface area contributed by atoms with Gasteiger partial charge in [0.15, 0.2) is 0 Å². The maximum atomic E-state index is 13.1. The Balaban J connectivity index is 1.61. The van der Waals surface area contributed by atoms with Crippen molar-refractivity contribution < 1.29 is 9.13 Å². The number of benzene rings is 1. The van der Waals surface area contributed by atoms with E-state index < -0.39 is 0 Å². The Morgan fingerprint density at radius 2 is 1.92 bits per heavy atom. The average molecular weight is 356 g/mol. The number of pyridine rings is 1. The van der Waals surface area contributed by atoms with Crippen LogP contribution in [0.5, 0.6) is 0 Å². The van der Waals surface area contributed by atoms with Crippen molar-refractivity contribution in [3.63, 3.8) is 0 Å². The topological polar surface area (TPSA) is 25.4 Å². The van der Waals surface area contributed by atoms with Gasteiger partial charge in [-0.3, -0.25) is 9.88 Å². The van der Waals surface area contributed by atoms with E-state index in [0.29, 0.717) is 0 Å². The molecule has 1 saturated heterocycles. The third-order valence-corrected chi connectivity index (χ3v) is 5.37. The van der Waals surface area contributed by atoms with E-state index in [9.17, 15) is 4.39 Å². The van der Waals surface area contributed by atoms with Gasteiger partial charge in [0.25, 0.3) is 0 Å². The molecule has 0 aliphatic carbocycles. The van der Waals surface area contributed by atoms with Gasteiger partial charge >= 0.3 is 0 Å². The Morgan fingerprint density at radius 1 is 1.15 bits per heavy atom. The SMILES string of the molecule is CCOC[C@]1(CCc2ccc(F)cc2)CCN(Cc2ccc(C)nc2)C1. The van der Waals surface area contributed by atoms with Crippen LogP contribution in [0.2, 0.25) is 0 Å². The first-order valence-electron chi connectivity index (χ1n) is 9.55. The predicted octanol–water partition coefficient (Wildman–Crippen LogP) is 4.39. The summed E-state index contributed by atoms with van der Waals surface area (Å²) in [4.78, 5) is 6.92. The van der Waals surface area contributed by atoms with Gasteiger partial charge in [-0.25, -0.2) is 4.39 Å². The van der Waals surface area contributed by atoms with Gasteiger partial charge in [-0.05, 0) is 69.0 Å². The summed E-state index contributed by atoms with van der Waals surface area (Å²) in [5.41, 5.74) is 3.70. The summed E-state index contributed by atoms with van der Waals surface area (Å²) in [6.45, 7) is 8.69. The molecule has 0 unspecified atom stereocenters. The maximum absolute atomic E-state index is 13.1. The van der Waals surface area contributed by atoms with Crippen LogP contribution in [0.3, 0.4) is 0 Å². The quantitative estimate of drug-likeness (QED) is 0.701. The van der Waals surface area contributed by atoms with E-state index >= 15 is 0 Å². The van der Waals surface area contributed by atoms with E-state index in [1.54, 1.807) is 12.1 Å². The van der Waals surface area contributed by atoms with E-state index in [-0.39, 0.29) is 11.2 Å². The molecule has 0 bridgehead atoms. The van der Waals surface area contributed by atoms with Crippen LogP contribution >= 0.6 is 0 Å². The molecule has 1 fully saturated rings. The fourth-order valence-corrected chi connectivity index (χ4v) is 3.79. The third-order valence-electron chi connectivity index (χ3n) is 5.37. The van der Waals surface area contributed by atoms with Gasteiger partial charge in [-0.15, -0.1) is 0 Å². The number of halogens is 1. The summed E-state index contributed by atoms with van der Waals surface area (Å²) < 4.78 is 19.0. The lowest BCUT2D eigenvalue weighted by molar-refractivity contribution is 0.0489. The van der Waals surface area contributed by atoms with Crippen LogP contribution in [0.4, 0.5) is 4.39 Å². The van der Waals surface area contributed by atoms with Crippen molar-refractivity contribution in [1.82, 2.24) is 9.88 Å². The summed E-state index contributed by atoms with van der Waals surface area (Å²) in [5, 5.41) is 0. The minimum Gasteiger partial charge on any atom is -0.381 e. The highest BCUT2D eigenvalue weighted by molar-refractivity contribution is 5.17. The molecule has 0 amide bonds. The van der Waals surface area contributed by atoms with Gasteiger partial charge in [-0.2, -0.15) is 0 Å². The second-order valence-electron chi connectivity index (χ2n) is 7.53. The van der Waals surface area contributed by atoms with E-state index in [1.165, 1.54) is 11.1 Å². The largest absolute Gasteiger partial charge is 0.381 e. The number of ether oxygens (including phenoxy) is 1. The highest BCUT2D eigenvalue weighted by atomic mass is 19.1. The summed E-state index contributed by atoms with van der Waals surface area (Å²) in [7, 11) is 0. The molecule has 3 nitrogen and oxygen atoms in total. The van der Waals surface area contributed by atoms with Crippen LogP contribution in [0.25, 0.3) is 0 Å². The number of aromatic nitrogens is 1. The molecule has 1 aliphatic rings. The van der Waals surface area contributed by atoms with Crippen molar-refractivity contribution in [3.05, 3.63) is 65.2 Å². The zero-order valence-electron chi connectivity index (χ0n) is 15.9. The van der Waals surface area contributed by atoms with Gasteiger partial charge in [-0.1, -0.05) is 18.2 Å². The summed E-state index contributed by atoms with van der Waals surface area (Å²) in [6, 6.07) is 11.1. The first-order valence-corrected chi connectivity index (χ1v) is 9.55. The Labute approximate surface area is 156 Å². The van der Waals surface area contributed by atoms with E-state index in [2.05, 4.69) is 28.9 Å². The van der Waals surface area contributed by atoms with E-state index in [4.69, 9.17) is 4.74 Å². The maximum Gasteiger partial charge on any atom is 0.123 e. The molecule has 2 aromatic rings. The summed E-state index contributed by atoms with van der Waals surface area (Å²) >= 11 is 0. The number of rotatable bonds is 8. The van der Waals surface area contributed by atoms with Crippen molar-refractivity contribution >= 4 is 0 Å².